The Labute approximate surface area is 81.5 Å². The Morgan fingerprint density at radius 3 is 3.08 bits per heavy atom. The molecule has 1 aromatic rings. The molecular formula is C8H13N3OS. The first kappa shape index (κ1) is 8.90. The summed E-state index contributed by atoms with van der Waals surface area (Å²) in [6.07, 6.45) is 1.25. The topological polar surface area (TPSA) is 47.0 Å². The van der Waals surface area contributed by atoms with Crippen LogP contribution >= 0.6 is 11.5 Å². The fourth-order valence-electron chi connectivity index (χ4n) is 1.18. The first-order valence-electron chi connectivity index (χ1n) is 4.37. The average molecular weight is 199 g/mol. The molecule has 0 amide bonds. The third-order valence-electron chi connectivity index (χ3n) is 2.16. The van der Waals surface area contributed by atoms with Crippen molar-refractivity contribution in [1.82, 2.24) is 9.36 Å². The van der Waals surface area contributed by atoms with E-state index in [1.165, 1.54) is 18.0 Å². The second-order valence-electron chi connectivity index (χ2n) is 3.41. The molecule has 1 aromatic heterocycles. The summed E-state index contributed by atoms with van der Waals surface area (Å²) in [5.41, 5.74) is 0. The number of nitrogens with one attached hydrogen (secondary N) is 1. The molecule has 1 heterocycles. The zero-order chi connectivity index (χ0) is 9.26. The molecule has 0 saturated heterocycles. The highest BCUT2D eigenvalue weighted by Crippen LogP contribution is 2.32. The van der Waals surface area contributed by atoms with Crippen molar-refractivity contribution in [3.8, 4) is 0 Å². The van der Waals surface area contributed by atoms with E-state index in [1.54, 1.807) is 7.11 Å². The molecule has 0 aliphatic heterocycles. The van der Waals surface area contributed by atoms with Crippen molar-refractivity contribution in [3.05, 3.63) is 5.82 Å². The molecular weight excluding hydrogens is 186 g/mol. The van der Waals surface area contributed by atoms with Gasteiger partial charge in [-0.25, -0.2) is 4.98 Å². The SMILES string of the molecule is COCc1nsc(NC2CC2C)n1. The minimum absolute atomic E-state index is 0.498. The minimum atomic E-state index is 0.498. The van der Waals surface area contributed by atoms with Gasteiger partial charge in [0.2, 0.25) is 5.13 Å². The Kier molecular flexibility index (Phi) is 2.46. The van der Waals surface area contributed by atoms with Crippen LogP contribution in [0.25, 0.3) is 0 Å². The van der Waals surface area contributed by atoms with Gasteiger partial charge in [-0.05, 0) is 12.3 Å². The molecule has 5 heteroatoms. The molecule has 1 fully saturated rings. The smallest absolute Gasteiger partial charge is 0.202 e. The van der Waals surface area contributed by atoms with Crippen molar-refractivity contribution >= 4 is 16.7 Å². The van der Waals surface area contributed by atoms with Crippen LogP contribution in [0.3, 0.4) is 0 Å². The number of aromatic nitrogens is 2. The van der Waals surface area contributed by atoms with Crippen molar-refractivity contribution in [2.24, 2.45) is 5.92 Å². The highest BCUT2D eigenvalue weighted by atomic mass is 32.1. The molecule has 2 atom stereocenters. The van der Waals surface area contributed by atoms with Crippen LogP contribution in [0.1, 0.15) is 19.2 Å². The van der Waals surface area contributed by atoms with Gasteiger partial charge in [0.25, 0.3) is 0 Å². The van der Waals surface area contributed by atoms with Crippen molar-refractivity contribution in [1.29, 1.82) is 0 Å². The number of hydrogen-bond donors (Lipinski definition) is 1. The van der Waals surface area contributed by atoms with Crippen molar-refractivity contribution in [2.45, 2.75) is 26.0 Å². The molecule has 1 aliphatic carbocycles. The highest BCUT2D eigenvalue weighted by Gasteiger charge is 2.33. The van der Waals surface area contributed by atoms with E-state index in [0.29, 0.717) is 12.6 Å². The summed E-state index contributed by atoms with van der Waals surface area (Å²) in [4.78, 5) is 4.29. The van der Waals surface area contributed by atoms with E-state index in [-0.39, 0.29) is 0 Å². The maximum absolute atomic E-state index is 4.94. The average Bonchev–Trinajstić information content (AvgIpc) is 2.63. The lowest BCUT2D eigenvalue weighted by atomic mass is 10.5. The van der Waals surface area contributed by atoms with Crippen molar-refractivity contribution in [2.75, 3.05) is 12.4 Å². The number of ether oxygens (including phenoxy) is 1. The van der Waals surface area contributed by atoms with Crippen LogP contribution in [0.5, 0.6) is 0 Å². The molecule has 1 aliphatic rings. The van der Waals surface area contributed by atoms with Crippen LogP contribution in [0.2, 0.25) is 0 Å². The van der Waals surface area contributed by atoms with Gasteiger partial charge < -0.3 is 10.1 Å². The van der Waals surface area contributed by atoms with E-state index >= 15 is 0 Å². The Morgan fingerprint density at radius 1 is 1.69 bits per heavy atom. The van der Waals surface area contributed by atoms with E-state index in [1.807, 2.05) is 0 Å². The normalized spacial score (nSPS) is 26.0. The van der Waals surface area contributed by atoms with Crippen LogP contribution in [0.15, 0.2) is 0 Å². The fourth-order valence-corrected chi connectivity index (χ4v) is 1.82. The van der Waals surface area contributed by atoms with Gasteiger partial charge in [-0.3, -0.25) is 0 Å². The lowest BCUT2D eigenvalue weighted by molar-refractivity contribution is 0.179. The Morgan fingerprint density at radius 2 is 2.46 bits per heavy atom. The summed E-state index contributed by atoms with van der Waals surface area (Å²) in [7, 11) is 1.65. The fraction of sp³-hybridized carbons (Fsp3) is 0.750. The molecule has 13 heavy (non-hydrogen) atoms. The predicted molar refractivity (Wildman–Crippen MR) is 51.8 cm³/mol. The Hall–Kier alpha value is -0.680. The molecule has 72 valence electrons. The lowest BCUT2D eigenvalue weighted by Crippen LogP contribution is -2.02. The van der Waals surface area contributed by atoms with Crippen LogP contribution < -0.4 is 5.32 Å². The predicted octanol–water partition coefficient (Wildman–Crippen LogP) is 1.50. The number of hydrogen-bond acceptors (Lipinski definition) is 5. The molecule has 1 saturated carbocycles. The molecule has 4 nitrogen and oxygen atoms in total. The van der Waals surface area contributed by atoms with E-state index in [9.17, 15) is 0 Å². The monoisotopic (exact) mass is 199 g/mol. The summed E-state index contributed by atoms with van der Waals surface area (Å²) >= 11 is 1.41. The minimum Gasteiger partial charge on any atom is -0.377 e. The number of rotatable bonds is 4. The molecule has 2 rings (SSSR count). The second-order valence-corrected chi connectivity index (χ2v) is 4.16. The summed E-state index contributed by atoms with van der Waals surface area (Å²) in [6.45, 7) is 2.73. The summed E-state index contributed by atoms with van der Waals surface area (Å²) in [5.74, 6) is 1.55. The maximum atomic E-state index is 4.94. The van der Waals surface area contributed by atoms with Gasteiger partial charge >= 0.3 is 0 Å². The van der Waals surface area contributed by atoms with Gasteiger partial charge in [-0.15, -0.1) is 0 Å². The first-order chi connectivity index (χ1) is 6.29. The van der Waals surface area contributed by atoms with Crippen LogP contribution in [0, 0.1) is 5.92 Å². The Bertz CT molecular complexity index is 289. The lowest BCUT2D eigenvalue weighted by Gasteiger charge is -1.96. The standard InChI is InChI=1S/C8H13N3OS/c1-5-3-6(5)9-8-10-7(4-12-2)11-13-8/h5-6H,3-4H2,1-2H3,(H,9,10,11). The quantitative estimate of drug-likeness (QED) is 0.798. The Balaban J connectivity index is 1.89. The van der Waals surface area contributed by atoms with Crippen LogP contribution in [0.4, 0.5) is 5.13 Å². The molecule has 0 bridgehead atoms. The van der Waals surface area contributed by atoms with Crippen LogP contribution in [-0.4, -0.2) is 22.5 Å². The van der Waals surface area contributed by atoms with E-state index in [2.05, 4.69) is 21.6 Å². The van der Waals surface area contributed by atoms with E-state index in [4.69, 9.17) is 4.74 Å². The van der Waals surface area contributed by atoms with Crippen molar-refractivity contribution < 1.29 is 4.74 Å². The first-order valence-corrected chi connectivity index (χ1v) is 5.15. The van der Waals surface area contributed by atoms with Gasteiger partial charge in [0.1, 0.15) is 6.61 Å². The van der Waals surface area contributed by atoms with Gasteiger partial charge in [0, 0.05) is 24.7 Å². The van der Waals surface area contributed by atoms with Gasteiger partial charge in [-0.2, -0.15) is 4.37 Å². The van der Waals surface area contributed by atoms with Gasteiger partial charge in [0.05, 0.1) is 0 Å². The van der Waals surface area contributed by atoms with E-state index < -0.39 is 0 Å². The third-order valence-corrected chi connectivity index (χ3v) is 2.84. The number of methoxy groups -OCH3 is 1. The van der Waals surface area contributed by atoms with E-state index in [0.717, 1.165) is 16.9 Å². The van der Waals surface area contributed by atoms with Crippen LogP contribution in [-0.2, 0) is 11.3 Å². The summed E-state index contributed by atoms with van der Waals surface area (Å²) in [6, 6.07) is 0.614. The molecule has 1 N–H and O–H groups in total. The molecule has 0 spiro atoms. The highest BCUT2D eigenvalue weighted by molar-refractivity contribution is 7.09. The summed E-state index contributed by atoms with van der Waals surface area (Å²) < 4.78 is 9.09. The zero-order valence-corrected chi connectivity index (χ0v) is 8.60. The molecule has 0 aromatic carbocycles. The molecule has 2 unspecified atom stereocenters. The van der Waals surface area contributed by atoms with Gasteiger partial charge in [-0.1, -0.05) is 6.92 Å². The van der Waals surface area contributed by atoms with Gasteiger partial charge in [0.15, 0.2) is 5.82 Å². The zero-order valence-electron chi connectivity index (χ0n) is 7.78. The second kappa shape index (κ2) is 3.59. The third kappa shape index (κ3) is 2.16. The molecule has 0 radical (unpaired) electrons. The number of anilines is 1. The van der Waals surface area contributed by atoms with Crippen molar-refractivity contribution in [3.63, 3.8) is 0 Å². The number of nitrogens with zero attached hydrogens (tertiary/aromatic N) is 2. The maximum Gasteiger partial charge on any atom is 0.202 e. The largest absolute Gasteiger partial charge is 0.377 e. The summed E-state index contributed by atoms with van der Waals surface area (Å²) in [5, 5.41) is 4.25.